The normalized spacial score (nSPS) is 10.7. The summed E-state index contributed by atoms with van der Waals surface area (Å²) in [6, 6.07) is 3.95. The Balaban J connectivity index is 3.43. The van der Waals surface area contributed by atoms with Crippen molar-refractivity contribution in [1.82, 2.24) is 4.98 Å². The highest BCUT2D eigenvalue weighted by Crippen LogP contribution is 2.14. The summed E-state index contributed by atoms with van der Waals surface area (Å²) in [4.78, 5) is 15.0. The second-order valence-electron chi connectivity index (χ2n) is 3.39. The van der Waals surface area contributed by atoms with Crippen molar-refractivity contribution in [3.8, 4) is 0 Å². The van der Waals surface area contributed by atoms with Crippen molar-refractivity contribution >= 4 is 30.3 Å². The molecule has 7 nitrogen and oxygen atoms in total. The van der Waals surface area contributed by atoms with Crippen molar-refractivity contribution in [3.63, 3.8) is 0 Å². The number of pyridine rings is 1. The highest BCUT2D eigenvalue weighted by molar-refractivity contribution is 8.16. The lowest BCUT2D eigenvalue weighted by Crippen LogP contribution is -2.24. The van der Waals surface area contributed by atoms with E-state index in [1.807, 2.05) is 0 Å². The first-order valence-electron chi connectivity index (χ1n) is 5.31. The van der Waals surface area contributed by atoms with Gasteiger partial charge in [-0.1, -0.05) is 12.6 Å². The molecule has 0 atom stereocenters. The van der Waals surface area contributed by atoms with Crippen molar-refractivity contribution in [2.45, 2.75) is 11.9 Å². The molecule has 0 saturated carbocycles. The van der Waals surface area contributed by atoms with Crippen LogP contribution in [0.4, 0.5) is 0 Å². The summed E-state index contributed by atoms with van der Waals surface area (Å²) in [6.45, 7) is 4.63. The summed E-state index contributed by atoms with van der Waals surface area (Å²) < 4.78 is 50.0. The fourth-order valence-electron chi connectivity index (χ4n) is 1.25. The molecule has 9 heteroatoms. The number of carbonyl (C=O) groups is 1. The molecule has 1 aromatic heterocycles. The van der Waals surface area contributed by atoms with Crippen molar-refractivity contribution < 1.29 is 26.4 Å². The van der Waals surface area contributed by atoms with Crippen molar-refractivity contribution in [3.05, 3.63) is 36.5 Å². The monoisotopic (exact) mass is 317 g/mol. The molecular weight excluding hydrogens is 306 g/mol. The van der Waals surface area contributed by atoms with Gasteiger partial charge < -0.3 is 4.74 Å². The maximum Gasteiger partial charge on any atom is 0.339 e. The van der Waals surface area contributed by atoms with Gasteiger partial charge in [-0.3, -0.25) is 0 Å². The fraction of sp³-hybridized carbons (Fsp3) is 0.182. The maximum atomic E-state index is 12.2. The van der Waals surface area contributed by atoms with Gasteiger partial charge in [0.05, 0.1) is 12.2 Å². The van der Waals surface area contributed by atoms with Crippen LogP contribution in [0.1, 0.15) is 6.92 Å². The second kappa shape index (κ2) is 6.44. The third-order valence-electron chi connectivity index (χ3n) is 2.08. The molecule has 20 heavy (non-hydrogen) atoms. The molecule has 0 amide bonds. The smallest absolute Gasteiger partial charge is 0.339 e. The van der Waals surface area contributed by atoms with Gasteiger partial charge in [0.15, 0.2) is 5.03 Å². The van der Waals surface area contributed by atoms with Crippen molar-refractivity contribution in [1.29, 1.82) is 0 Å². The minimum absolute atomic E-state index is 0.0414. The van der Waals surface area contributed by atoms with Crippen molar-refractivity contribution in [2.24, 2.45) is 0 Å². The van der Waals surface area contributed by atoms with E-state index in [-0.39, 0.29) is 6.61 Å². The van der Waals surface area contributed by atoms with E-state index in [9.17, 15) is 21.6 Å². The lowest BCUT2D eigenvalue weighted by atomic mass is 10.3. The first kappa shape index (κ1) is 16.1. The van der Waals surface area contributed by atoms with Crippen LogP contribution in [0.3, 0.4) is 0 Å². The Hall–Kier alpha value is -2.00. The van der Waals surface area contributed by atoms with E-state index in [1.165, 1.54) is 25.3 Å². The quantitative estimate of drug-likeness (QED) is 0.436. The first-order chi connectivity index (χ1) is 9.32. The van der Waals surface area contributed by atoms with Crippen LogP contribution in [0.5, 0.6) is 0 Å². The number of nitrogens with zero attached hydrogens (tertiary/aromatic N) is 1. The minimum Gasteiger partial charge on any atom is -0.462 e. The summed E-state index contributed by atoms with van der Waals surface area (Å²) in [5.74, 6) is -1.12. The van der Waals surface area contributed by atoms with E-state index < -0.39 is 40.9 Å². The van der Waals surface area contributed by atoms with Crippen LogP contribution in [0.25, 0.3) is 0 Å². The Kier molecular flexibility index (Phi) is 5.17. The molecule has 0 aliphatic rings. The molecule has 0 unspecified atom stereocenters. The third kappa shape index (κ3) is 3.31. The zero-order chi connectivity index (χ0) is 15.3. The van der Waals surface area contributed by atoms with Gasteiger partial charge in [-0.2, -0.15) is 8.42 Å². The molecule has 0 spiro atoms. The lowest BCUT2D eigenvalue weighted by Gasteiger charge is -2.06. The standard InChI is InChI=1S/C11H11NO6S2/c1-3-18-10(13)8(2)11(19(14)15)20(16,17)9-6-4-5-7-12-9/h4-7H,2-3H2,1H3. The lowest BCUT2D eigenvalue weighted by molar-refractivity contribution is -0.137. The van der Waals surface area contributed by atoms with Crippen LogP contribution in [0.2, 0.25) is 0 Å². The topological polar surface area (TPSA) is 107 Å². The van der Waals surface area contributed by atoms with Crippen LogP contribution in [0, 0.1) is 0 Å². The van der Waals surface area contributed by atoms with Gasteiger partial charge in [0, 0.05) is 6.20 Å². The summed E-state index contributed by atoms with van der Waals surface area (Å²) in [7, 11) is -7.66. The van der Waals surface area contributed by atoms with Gasteiger partial charge in [0.1, 0.15) is 0 Å². The van der Waals surface area contributed by atoms with E-state index in [1.54, 1.807) is 0 Å². The minimum atomic E-state index is -4.47. The summed E-state index contributed by atoms with van der Waals surface area (Å²) in [6.07, 6.45) is 1.19. The number of sulfone groups is 1. The summed E-state index contributed by atoms with van der Waals surface area (Å²) >= 11 is 0. The highest BCUT2D eigenvalue weighted by Gasteiger charge is 2.31. The van der Waals surface area contributed by atoms with Gasteiger partial charge in [-0.25, -0.2) is 18.2 Å². The molecule has 0 N–H and O–H groups in total. The summed E-state index contributed by atoms with van der Waals surface area (Å²) in [5.41, 5.74) is -0.758. The molecule has 1 heterocycles. The number of rotatable bonds is 4. The number of hydrogen-bond donors (Lipinski definition) is 0. The number of carbonyl (C=O) groups excluding carboxylic acids is 1. The molecule has 0 aromatic carbocycles. The van der Waals surface area contributed by atoms with Gasteiger partial charge in [-0.15, -0.1) is 0 Å². The number of ether oxygens (including phenoxy) is 1. The molecule has 108 valence electrons. The first-order valence-corrected chi connectivity index (χ1v) is 7.87. The fourth-order valence-corrected chi connectivity index (χ4v) is 3.57. The number of esters is 1. The molecule has 1 aromatic rings. The Morgan fingerprint density at radius 3 is 2.50 bits per heavy atom. The molecule has 0 aliphatic heterocycles. The Morgan fingerprint density at radius 1 is 1.40 bits per heavy atom. The Morgan fingerprint density at radius 2 is 2.05 bits per heavy atom. The van der Waals surface area contributed by atoms with Gasteiger partial charge in [-0.05, 0) is 19.1 Å². The molecule has 0 saturated heterocycles. The SMILES string of the molecule is C=C(C(=O)OCC)C(=S(=O)=O)S(=O)(=O)c1ccccn1. The average Bonchev–Trinajstić information content (AvgIpc) is 2.39. The van der Waals surface area contributed by atoms with E-state index in [2.05, 4.69) is 16.3 Å². The zero-order valence-electron chi connectivity index (χ0n) is 10.4. The van der Waals surface area contributed by atoms with Gasteiger partial charge >= 0.3 is 5.97 Å². The van der Waals surface area contributed by atoms with E-state index in [4.69, 9.17) is 0 Å². The number of aromatic nitrogens is 1. The largest absolute Gasteiger partial charge is 0.462 e. The van der Waals surface area contributed by atoms with Gasteiger partial charge in [0.25, 0.3) is 0 Å². The molecule has 0 aliphatic carbocycles. The van der Waals surface area contributed by atoms with Crippen molar-refractivity contribution in [2.75, 3.05) is 6.61 Å². The maximum absolute atomic E-state index is 12.2. The zero-order valence-corrected chi connectivity index (χ0v) is 12.1. The molecule has 0 radical (unpaired) electrons. The molecular formula is C11H11NO6S2. The Labute approximate surface area is 117 Å². The third-order valence-corrected chi connectivity index (χ3v) is 5.22. The van der Waals surface area contributed by atoms with Crippen LogP contribution in [0.15, 0.2) is 41.6 Å². The van der Waals surface area contributed by atoms with E-state index >= 15 is 0 Å². The van der Waals surface area contributed by atoms with Gasteiger partial charge in [0.2, 0.25) is 24.3 Å². The van der Waals surface area contributed by atoms with E-state index in [0.29, 0.717) is 0 Å². The highest BCUT2D eigenvalue weighted by atomic mass is 32.2. The van der Waals surface area contributed by atoms with Crippen LogP contribution < -0.4 is 0 Å². The second-order valence-corrected chi connectivity index (χ2v) is 6.36. The summed E-state index contributed by atoms with van der Waals surface area (Å²) in [5, 5.41) is -0.496. The van der Waals surface area contributed by atoms with E-state index in [0.717, 1.165) is 6.07 Å². The molecule has 0 bridgehead atoms. The molecule has 1 rings (SSSR count). The Bertz CT molecular complexity index is 754. The predicted octanol–water partition coefficient (Wildman–Crippen LogP) is -0.0164. The number of hydrogen-bond acceptors (Lipinski definition) is 7. The molecule has 0 fully saturated rings. The van der Waals surface area contributed by atoms with Crippen LogP contribution in [-0.4, -0.2) is 38.6 Å². The van der Waals surface area contributed by atoms with Crippen LogP contribution in [-0.2, 0) is 29.7 Å². The predicted molar refractivity (Wildman–Crippen MR) is 71.1 cm³/mol. The average molecular weight is 317 g/mol. The van der Waals surface area contributed by atoms with Crippen LogP contribution >= 0.6 is 0 Å².